The number of rotatable bonds is 6. The standard InChI is InChI=1S/C11H24N2O3/c1-11(2,3)16-10(15)13(4)8-7-12-6-5-9-14/h12,14H,5-9H2,1-4H3. The Morgan fingerprint density at radius 3 is 2.50 bits per heavy atom. The molecule has 2 N–H and O–H groups in total. The number of carbonyl (C=O) groups excluding carboxylic acids is 1. The summed E-state index contributed by atoms with van der Waals surface area (Å²) in [6, 6.07) is 0. The van der Waals surface area contributed by atoms with Crippen LogP contribution < -0.4 is 5.32 Å². The largest absolute Gasteiger partial charge is 0.444 e. The third-order valence-corrected chi connectivity index (χ3v) is 1.84. The van der Waals surface area contributed by atoms with E-state index in [1.165, 1.54) is 4.90 Å². The summed E-state index contributed by atoms with van der Waals surface area (Å²) in [6.45, 7) is 7.79. The average Bonchev–Trinajstić information content (AvgIpc) is 2.14. The van der Waals surface area contributed by atoms with Crippen molar-refractivity contribution in [3.63, 3.8) is 0 Å². The normalized spacial score (nSPS) is 11.3. The van der Waals surface area contributed by atoms with Gasteiger partial charge in [-0.2, -0.15) is 0 Å². The second-order valence-corrected chi connectivity index (χ2v) is 4.73. The van der Waals surface area contributed by atoms with Gasteiger partial charge in [-0.25, -0.2) is 4.79 Å². The van der Waals surface area contributed by atoms with Gasteiger partial charge in [0.2, 0.25) is 0 Å². The van der Waals surface area contributed by atoms with E-state index >= 15 is 0 Å². The fraction of sp³-hybridized carbons (Fsp3) is 0.909. The van der Waals surface area contributed by atoms with Gasteiger partial charge in [0.05, 0.1) is 0 Å². The van der Waals surface area contributed by atoms with Crippen LogP contribution in [0.5, 0.6) is 0 Å². The Bertz CT molecular complexity index is 202. The molecule has 0 radical (unpaired) electrons. The smallest absolute Gasteiger partial charge is 0.410 e. The highest BCUT2D eigenvalue weighted by atomic mass is 16.6. The molecule has 16 heavy (non-hydrogen) atoms. The maximum atomic E-state index is 11.5. The first-order valence-electron chi connectivity index (χ1n) is 5.62. The first kappa shape index (κ1) is 15.2. The number of hydrogen-bond donors (Lipinski definition) is 2. The van der Waals surface area contributed by atoms with Gasteiger partial charge in [0, 0.05) is 26.7 Å². The molecule has 0 rings (SSSR count). The van der Waals surface area contributed by atoms with Crippen LogP contribution >= 0.6 is 0 Å². The van der Waals surface area contributed by atoms with Crippen LogP contribution in [0.3, 0.4) is 0 Å². The zero-order valence-electron chi connectivity index (χ0n) is 10.7. The topological polar surface area (TPSA) is 61.8 Å². The molecular weight excluding hydrogens is 208 g/mol. The van der Waals surface area contributed by atoms with Crippen molar-refractivity contribution < 1.29 is 14.6 Å². The molecule has 5 nitrogen and oxygen atoms in total. The molecule has 1 amide bonds. The molecule has 0 aromatic rings. The molecule has 0 heterocycles. The van der Waals surface area contributed by atoms with Gasteiger partial charge in [-0.05, 0) is 33.7 Å². The minimum absolute atomic E-state index is 0.189. The number of aliphatic hydroxyl groups is 1. The average molecular weight is 232 g/mol. The van der Waals surface area contributed by atoms with E-state index in [1.54, 1.807) is 7.05 Å². The van der Waals surface area contributed by atoms with Gasteiger partial charge >= 0.3 is 6.09 Å². The monoisotopic (exact) mass is 232 g/mol. The highest BCUT2D eigenvalue weighted by Crippen LogP contribution is 2.08. The van der Waals surface area contributed by atoms with Crippen molar-refractivity contribution in [3.05, 3.63) is 0 Å². The van der Waals surface area contributed by atoms with Gasteiger partial charge in [-0.1, -0.05) is 0 Å². The summed E-state index contributed by atoms with van der Waals surface area (Å²) >= 11 is 0. The van der Waals surface area contributed by atoms with E-state index in [0.717, 1.165) is 13.0 Å². The summed E-state index contributed by atoms with van der Waals surface area (Å²) in [5.41, 5.74) is -0.449. The molecule has 0 saturated heterocycles. The quantitative estimate of drug-likeness (QED) is 0.666. The van der Waals surface area contributed by atoms with E-state index in [4.69, 9.17) is 9.84 Å². The molecule has 0 atom stereocenters. The van der Waals surface area contributed by atoms with Gasteiger partial charge in [-0.15, -0.1) is 0 Å². The number of aliphatic hydroxyl groups excluding tert-OH is 1. The molecule has 0 aromatic carbocycles. The van der Waals surface area contributed by atoms with Crippen LogP contribution in [0.1, 0.15) is 27.2 Å². The zero-order chi connectivity index (χ0) is 12.6. The first-order valence-corrected chi connectivity index (χ1v) is 5.62. The van der Waals surface area contributed by atoms with Crippen LogP contribution in [0, 0.1) is 0 Å². The van der Waals surface area contributed by atoms with Gasteiger partial charge in [0.1, 0.15) is 5.60 Å². The van der Waals surface area contributed by atoms with E-state index in [0.29, 0.717) is 13.1 Å². The molecular formula is C11H24N2O3. The van der Waals surface area contributed by atoms with Crippen LogP contribution in [0.4, 0.5) is 4.79 Å². The lowest BCUT2D eigenvalue weighted by Crippen LogP contribution is -2.38. The first-order chi connectivity index (χ1) is 7.37. The van der Waals surface area contributed by atoms with Crippen molar-refractivity contribution in [1.82, 2.24) is 10.2 Å². The van der Waals surface area contributed by atoms with Crippen LogP contribution in [0.15, 0.2) is 0 Å². The van der Waals surface area contributed by atoms with Gasteiger partial charge < -0.3 is 20.1 Å². The van der Waals surface area contributed by atoms with Gasteiger partial charge in [0.15, 0.2) is 0 Å². The van der Waals surface area contributed by atoms with Crippen molar-refractivity contribution in [1.29, 1.82) is 0 Å². The number of carbonyl (C=O) groups is 1. The maximum absolute atomic E-state index is 11.5. The SMILES string of the molecule is CN(CCNCCCO)C(=O)OC(C)(C)C. The van der Waals surface area contributed by atoms with Crippen molar-refractivity contribution in [2.45, 2.75) is 32.8 Å². The molecule has 96 valence electrons. The molecule has 0 spiro atoms. The Balaban J connectivity index is 3.64. The molecule has 0 aliphatic heterocycles. The van der Waals surface area contributed by atoms with Crippen molar-refractivity contribution in [2.24, 2.45) is 0 Å². The third kappa shape index (κ3) is 8.49. The van der Waals surface area contributed by atoms with E-state index in [9.17, 15) is 4.79 Å². The van der Waals surface area contributed by atoms with Crippen molar-refractivity contribution in [3.8, 4) is 0 Å². The molecule has 5 heteroatoms. The summed E-state index contributed by atoms with van der Waals surface area (Å²) in [4.78, 5) is 13.1. The summed E-state index contributed by atoms with van der Waals surface area (Å²) in [6.07, 6.45) is 0.423. The predicted octanol–water partition coefficient (Wildman–Crippen LogP) is 0.825. The van der Waals surface area contributed by atoms with Gasteiger partial charge in [-0.3, -0.25) is 0 Å². The highest BCUT2D eigenvalue weighted by Gasteiger charge is 2.18. The second-order valence-electron chi connectivity index (χ2n) is 4.73. The minimum Gasteiger partial charge on any atom is -0.444 e. The fourth-order valence-electron chi connectivity index (χ4n) is 1.01. The van der Waals surface area contributed by atoms with Crippen LogP contribution in [-0.2, 0) is 4.74 Å². The Labute approximate surface area is 97.8 Å². The molecule has 0 aliphatic rings. The van der Waals surface area contributed by atoms with E-state index < -0.39 is 5.60 Å². The second kappa shape index (κ2) is 7.46. The Morgan fingerprint density at radius 1 is 1.38 bits per heavy atom. The fourth-order valence-corrected chi connectivity index (χ4v) is 1.01. The summed E-state index contributed by atoms with van der Waals surface area (Å²) in [7, 11) is 1.71. The molecule has 0 saturated carbocycles. The number of amides is 1. The van der Waals surface area contributed by atoms with E-state index in [2.05, 4.69) is 5.32 Å². The van der Waals surface area contributed by atoms with Crippen molar-refractivity contribution in [2.75, 3.05) is 33.3 Å². The predicted molar refractivity (Wildman–Crippen MR) is 63.4 cm³/mol. The lowest BCUT2D eigenvalue weighted by Gasteiger charge is -2.24. The number of likely N-dealkylation sites (N-methyl/N-ethyl adjacent to an activating group) is 1. The Morgan fingerprint density at radius 2 is 2.00 bits per heavy atom. The van der Waals surface area contributed by atoms with Crippen LogP contribution in [0.25, 0.3) is 0 Å². The van der Waals surface area contributed by atoms with Crippen LogP contribution in [0.2, 0.25) is 0 Å². The summed E-state index contributed by atoms with van der Waals surface area (Å²) in [5, 5.41) is 11.7. The third-order valence-electron chi connectivity index (χ3n) is 1.84. The molecule has 0 fully saturated rings. The highest BCUT2D eigenvalue weighted by molar-refractivity contribution is 5.67. The summed E-state index contributed by atoms with van der Waals surface area (Å²) < 4.78 is 5.20. The molecule has 0 bridgehead atoms. The lowest BCUT2D eigenvalue weighted by atomic mass is 10.2. The lowest BCUT2D eigenvalue weighted by molar-refractivity contribution is 0.0300. The number of ether oxygens (including phenoxy) is 1. The molecule has 0 aliphatic carbocycles. The minimum atomic E-state index is -0.449. The van der Waals surface area contributed by atoms with Crippen molar-refractivity contribution >= 4 is 6.09 Å². The number of hydrogen-bond acceptors (Lipinski definition) is 4. The van der Waals surface area contributed by atoms with E-state index in [1.807, 2.05) is 20.8 Å². The van der Waals surface area contributed by atoms with E-state index in [-0.39, 0.29) is 12.7 Å². The Kier molecular flexibility index (Phi) is 7.08. The van der Waals surface area contributed by atoms with Crippen LogP contribution in [-0.4, -0.2) is 55.0 Å². The molecule has 0 unspecified atom stereocenters. The number of nitrogens with one attached hydrogen (secondary N) is 1. The Hall–Kier alpha value is -0.810. The number of nitrogens with zero attached hydrogens (tertiary/aromatic N) is 1. The molecule has 0 aromatic heterocycles. The summed E-state index contributed by atoms with van der Waals surface area (Å²) in [5.74, 6) is 0. The van der Waals surface area contributed by atoms with Gasteiger partial charge in [0.25, 0.3) is 0 Å². The zero-order valence-corrected chi connectivity index (χ0v) is 10.7. The maximum Gasteiger partial charge on any atom is 0.410 e.